The third-order valence-electron chi connectivity index (χ3n) is 2.18. The summed E-state index contributed by atoms with van der Waals surface area (Å²) < 4.78 is 10.5. The topological polar surface area (TPSA) is 84.9 Å². The molecule has 0 heterocycles. The van der Waals surface area contributed by atoms with Crippen molar-refractivity contribution < 1.29 is 24.2 Å². The molecule has 0 radical (unpaired) electrons. The Kier molecular flexibility index (Phi) is 4.99. The van der Waals surface area contributed by atoms with E-state index < -0.39 is 17.7 Å². The molecule has 0 aliphatic rings. The molecule has 0 unspecified atom stereocenters. The summed E-state index contributed by atoms with van der Waals surface area (Å²) in [4.78, 5) is 23.0. The molecule has 0 bridgehead atoms. The van der Waals surface area contributed by atoms with E-state index in [0.29, 0.717) is 10.2 Å². The number of carbonyl (C=O) groups is 2. The molecule has 0 aliphatic carbocycles. The average Bonchev–Trinajstić information content (AvgIpc) is 2.28. The van der Waals surface area contributed by atoms with E-state index in [1.807, 2.05) is 0 Å². The second-order valence-corrected chi connectivity index (χ2v) is 5.73. The maximum atomic E-state index is 11.8. The summed E-state index contributed by atoms with van der Waals surface area (Å²) in [6.07, 6.45) is -0.742. The molecule has 0 atom stereocenters. The van der Waals surface area contributed by atoms with Crippen molar-refractivity contribution in [1.29, 1.82) is 0 Å². The normalized spacial score (nSPS) is 10.8. The van der Waals surface area contributed by atoms with Crippen LogP contribution in [0.25, 0.3) is 0 Å². The molecule has 1 rings (SSSR count). The fourth-order valence-electron chi connectivity index (χ4n) is 1.42. The van der Waals surface area contributed by atoms with Gasteiger partial charge in [-0.3, -0.25) is 5.32 Å². The number of aromatic carboxylic acids is 1. The molecule has 6 nitrogen and oxygen atoms in total. The molecular formula is C13H16BrNO5. The van der Waals surface area contributed by atoms with Crippen LogP contribution in [0.2, 0.25) is 0 Å². The Morgan fingerprint density at radius 1 is 1.30 bits per heavy atom. The average molecular weight is 346 g/mol. The SMILES string of the molecule is COc1ccc(C(=O)O)c(NC(=O)OC(C)(C)C)c1Br. The molecule has 110 valence electrons. The van der Waals surface area contributed by atoms with Crippen molar-refractivity contribution >= 4 is 33.7 Å². The first-order valence-corrected chi connectivity index (χ1v) is 6.55. The lowest BCUT2D eigenvalue weighted by atomic mass is 10.1. The number of hydrogen-bond donors (Lipinski definition) is 2. The first kappa shape index (κ1) is 16.3. The van der Waals surface area contributed by atoms with E-state index in [0.717, 1.165) is 0 Å². The summed E-state index contributed by atoms with van der Waals surface area (Å²) in [6, 6.07) is 2.84. The van der Waals surface area contributed by atoms with Gasteiger partial charge in [0.05, 0.1) is 22.8 Å². The fourth-order valence-corrected chi connectivity index (χ4v) is 2.03. The van der Waals surface area contributed by atoms with Crippen LogP contribution in [0.5, 0.6) is 5.75 Å². The minimum atomic E-state index is -1.17. The highest BCUT2D eigenvalue weighted by Crippen LogP contribution is 2.35. The van der Waals surface area contributed by atoms with Crippen LogP contribution < -0.4 is 10.1 Å². The number of carbonyl (C=O) groups excluding carboxylic acids is 1. The Hall–Kier alpha value is -1.76. The van der Waals surface area contributed by atoms with Gasteiger partial charge in [-0.2, -0.15) is 0 Å². The first-order chi connectivity index (χ1) is 9.15. The van der Waals surface area contributed by atoms with Crippen molar-refractivity contribution in [3.63, 3.8) is 0 Å². The van der Waals surface area contributed by atoms with Crippen LogP contribution in [0.4, 0.5) is 10.5 Å². The van der Waals surface area contributed by atoms with Crippen molar-refractivity contribution in [2.45, 2.75) is 26.4 Å². The van der Waals surface area contributed by atoms with E-state index in [-0.39, 0.29) is 11.3 Å². The number of hydrogen-bond acceptors (Lipinski definition) is 4. The standard InChI is InChI=1S/C13H16BrNO5/c1-13(2,3)20-12(18)15-10-7(11(16)17)5-6-8(19-4)9(10)14/h5-6H,1-4H3,(H,15,18)(H,16,17). The molecule has 1 amide bonds. The molecule has 1 aromatic carbocycles. The Bertz CT molecular complexity index is 536. The largest absolute Gasteiger partial charge is 0.495 e. The van der Waals surface area contributed by atoms with Crippen LogP contribution in [0.15, 0.2) is 16.6 Å². The minimum Gasteiger partial charge on any atom is -0.495 e. The van der Waals surface area contributed by atoms with Gasteiger partial charge in [-0.25, -0.2) is 9.59 Å². The van der Waals surface area contributed by atoms with E-state index in [1.54, 1.807) is 20.8 Å². The number of carboxylic acids is 1. The van der Waals surface area contributed by atoms with Gasteiger partial charge >= 0.3 is 12.1 Å². The van der Waals surface area contributed by atoms with Gasteiger partial charge < -0.3 is 14.6 Å². The van der Waals surface area contributed by atoms with Crippen LogP contribution >= 0.6 is 15.9 Å². The number of rotatable bonds is 3. The van der Waals surface area contributed by atoms with Crippen molar-refractivity contribution in [3.8, 4) is 5.75 Å². The van der Waals surface area contributed by atoms with Crippen LogP contribution in [-0.2, 0) is 4.74 Å². The summed E-state index contributed by atoms with van der Waals surface area (Å²) >= 11 is 3.21. The number of anilines is 1. The van der Waals surface area contributed by atoms with Crippen LogP contribution in [0.1, 0.15) is 31.1 Å². The number of nitrogens with one attached hydrogen (secondary N) is 1. The number of methoxy groups -OCH3 is 1. The van der Waals surface area contributed by atoms with E-state index >= 15 is 0 Å². The predicted molar refractivity (Wildman–Crippen MR) is 77.5 cm³/mol. The van der Waals surface area contributed by atoms with Crippen molar-refractivity contribution in [2.24, 2.45) is 0 Å². The lowest BCUT2D eigenvalue weighted by Crippen LogP contribution is -2.28. The molecule has 20 heavy (non-hydrogen) atoms. The molecule has 0 saturated heterocycles. The van der Waals surface area contributed by atoms with E-state index in [2.05, 4.69) is 21.2 Å². The lowest BCUT2D eigenvalue weighted by Gasteiger charge is -2.21. The van der Waals surface area contributed by atoms with Gasteiger partial charge in [-0.1, -0.05) is 0 Å². The molecule has 0 saturated carbocycles. The number of ether oxygens (including phenoxy) is 2. The van der Waals surface area contributed by atoms with Crippen LogP contribution in [0.3, 0.4) is 0 Å². The van der Waals surface area contributed by atoms with Crippen molar-refractivity contribution in [2.75, 3.05) is 12.4 Å². The molecule has 0 spiro atoms. The van der Waals surface area contributed by atoms with E-state index in [4.69, 9.17) is 14.6 Å². The van der Waals surface area contributed by atoms with Crippen molar-refractivity contribution in [1.82, 2.24) is 0 Å². The van der Waals surface area contributed by atoms with Gasteiger partial charge in [-0.15, -0.1) is 0 Å². The minimum absolute atomic E-state index is 0.0662. The van der Waals surface area contributed by atoms with E-state index in [9.17, 15) is 9.59 Å². The Balaban J connectivity index is 3.15. The Morgan fingerprint density at radius 2 is 1.90 bits per heavy atom. The molecule has 0 fully saturated rings. The van der Waals surface area contributed by atoms with Crippen molar-refractivity contribution in [3.05, 3.63) is 22.2 Å². The highest BCUT2D eigenvalue weighted by molar-refractivity contribution is 9.10. The third kappa shape index (κ3) is 4.12. The van der Waals surface area contributed by atoms with Crippen LogP contribution in [-0.4, -0.2) is 29.9 Å². The molecule has 7 heteroatoms. The number of halogens is 1. The third-order valence-corrected chi connectivity index (χ3v) is 2.97. The zero-order chi connectivity index (χ0) is 15.5. The summed E-state index contributed by atoms with van der Waals surface area (Å²) in [5, 5.41) is 11.6. The summed E-state index contributed by atoms with van der Waals surface area (Å²) in [7, 11) is 1.44. The molecule has 1 aromatic rings. The van der Waals surface area contributed by atoms with Gasteiger partial charge in [0.25, 0.3) is 0 Å². The second kappa shape index (κ2) is 6.13. The maximum absolute atomic E-state index is 11.8. The molecule has 2 N–H and O–H groups in total. The fraction of sp³-hybridized carbons (Fsp3) is 0.385. The molecule has 0 aliphatic heterocycles. The second-order valence-electron chi connectivity index (χ2n) is 4.94. The monoisotopic (exact) mass is 345 g/mol. The number of benzene rings is 1. The smallest absolute Gasteiger partial charge is 0.412 e. The molecular weight excluding hydrogens is 330 g/mol. The summed E-state index contributed by atoms with van der Waals surface area (Å²) in [5.41, 5.74) is -0.659. The van der Waals surface area contributed by atoms with Gasteiger partial charge in [0, 0.05) is 0 Å². The Morgan fingerprint density at radius 3 is 2.35 bits per heavy atom. The summed E-state index contributed by atoms with van der Waals surface area (Å²) in [6.45, 7) is 5.14. The maximum Gasteiger partial charge on any atom is 0.412 e. The van der Waals surface area contributed by atoms with E-state index in [1.165, 1.54) is 19.2 Å². The van der Waals surface area contributed by atoms with Gasteiger partial charge in [0.15, 0.2) is 0 Å². The van der Waals surface area contributed by atoms with Gasteiger partial charge in [-0.05, 0) is 48.8 Å². The zero-order valence-electron chi connectivity index (χ0n) is 11.6. The highest BCUT2D eigenvalue weighted by Gasteiger charge is 2.22. The quantitative estimate of drug-likeness (QED) is 0.875. The predicted octanol–water partition coefficient (Wildman–Crippen LogP) is 3.50. The number of carboxylic acid groups (broad SMARTS) is 1. The van der Waals surface area contributed by atoms with Gasteiger partial charge in [0.1, 0.15) is 11.4 Å². The number of amides is 1. The zero-order valence-corrected chi connectivity index (χ0v) is 13.2. The molecule has 0 aromatic heterocycles. The Labute approximate surface area is 125 Å². The van der Waals surface area contributed by atoms with Gasteiger partial charge in [0.2, 0.25) is 0 Å². The lowest BCUT2D eigenvalue weighted by molar-refractivity contribution is 0.0636. The summed E-state index contributed by atoms with van der Waals surface area (Å²) in [5.74, 6) is -0.763. The highest BCUT2D eigenvalue weighted by atomic mass is 79.9. The first-order valence-electron chi connectivity index (χ1n) is 5.75. The van der Waals surface area contributed by atoms with Crippen LogP contribution in [0, 0.1) is 0 Å².